The molecule has 1 aliphatic heterocycles. The van der Waals surface area contributed by atoms with Crippen LogP contribution in [0.5, 0.6) is 0 Å². The Kier molecular flexibility index (Phi) is 3.38. The Bertz CT molecular complexity index is 396. The second-order valence-electron chi connectivity index (χ2n) is 4.33. The fourth-order valence-corrected chi connectivity index (χ4v) is 1.98. The summed E-state index contributed by atoms with van der Waals surface area (Å²) in [7, 11) is 0. The molecule has 0 bridgehead atoms. The number of hydrogen-bond acceptors (Lipinski definition) is 1. The molecule has 1 aliphatic rings. The van der Waals surface area contributed by atoms with Crippen molar-refractivity contribution in [2.45, 2.75) is 19.0 Å². The lowest BCUT2D eigenvalue weighted by Gasteiger charge is -2.27. The molecule has 5 heteroatoms. The summed E-state index contributed by atoms with van der Waals surface area (Å²) in [6, 6.07) is 3.13. The monoisotopic (exact) mass is 247 g/mol. The van der Waals surface area contributed by atoms with Crippen LogP contribution in [0.2, 0.25) is 0 Å². The van der Waals surface area contributed by atoms with Crippen LogP contribution in [-0.4, -0.2) is 13.1 Å². The van der Waals surface area contributed by atoms with Gasteiger partial charge in [0.05, 0.1) is 5.56 Å². The summed E-state index contributed by atoms with van der Waals surface area (Å²) in [6.07, 6.45) is -3.74. The third-order valence-corrected chi connectivity index (χ3v) is 3.09. The number of halogens is 4. The molecule has 1 fully saturated rings. The van der Waals surface area contributed by atoms with Crippen LogP contribution in [0.25, 0.3) is 0 Å². The van der Waals surface area contributed by atoms with Gasteiger partial charge in [-0.3, -0.25) is 0 Å². The molecular weight excluding hydrogens is 234 g/mol. The van der Waals surface area contributed by atoms with Crippen LogP contribution in [-0.2, 0) is 12.6 Å². The van der Waals surface area contributed by atoms with Crippen molar-refractivity contribution in [1.29, 1.82) is 0 Å². The van der Waals surface area contributed by atoms with Crippen molar-refractivity contribution < 1.29 is 17.6 Å². The first-order valence-electron chi connectivity index (χ1n) is 5.54. The van der Waals surface area contributed by atoms with Gasteiger partial charge in [0, 0.05) is 5.56 Å². The van der Waals surface area contributed by atoms with Crippen molar-refractivity contribution in [2.75, 3.05) is 13.1 Å². The Hall–Kier alpha value is -1.10. The molecule has 1 heterocycles. The van der Waals surface area contributed by atoms with Gasteiger partial charge in [-0.25, -0.2) is 4.39 Å². The smallest absolute Gasteiger partial charge is 0.316 e. The van der Waals surface area contributed by atoms with Crippen LogP contribution >= 0.6 is 0 Å². The zero-order valence-corrected chi connectivity index (χ0v) is 9.15. The van der Waals surface area contributed by atoms with Gasteiger partial charge in [-0.15, -0.1) is 0 Å². The zero-order valence-electron chi connectivity index (χ0n) is 9.15. The maximum atomic E-state index is 13.4. The summed E-state index contributed by atoms with van der Waals surface area (Å²) in [5.74, 6) is -0.386. The van der Waals surface area contributed by atoms with E-state index in [1.165, 1.54) is 0 Å². The third kappa shape index (κ3) is 2.77. The predicted molar refractivity (Wildman–Crippen MR) is 56.1 cm³/mol. The van der Waals surface area contributed by atoms with Crippen molar-refractivity contribution in [3.05, 3.63) is 35.1 Å². The summed E-state index contributed by atoms with van der Waals surface area (Å²) in [5.41, 5.74) is -1.04. The van der Waals surface area contributed by atoms with Gasteiger partial charge in [-0.05, 0) is 44.0 Å². The zero-order chi connectivity index (χ0) is 12.5. The van der Waals surface area contributed by atoms with Crippen molar-refractivity contribution in [3.8, 4) is 0 Å². The molecule has 0 aromatic heterocycles. The fraction of sp³-hybridized carbons (Fsp3) is 0.500. The van der Waals surface area contributed by atoms with Crippen LogP contribution in [0.1, 0.15) is 17.5 Å². The second-order valence-corrected chi connectivity index (χ2v) is 4.33. The van der Waals surface area contributed by atoms with Crippen LogP contribution in [0.4, 0.5) is 17.6 Å². The molecule has 1 N–H and O–H groups in total. The molecule has 1 nitrogen and oxygen atoms in total. The van der Waals surface area contributed by atoms with E-state index >= 15 is 0 Å². The van der Waals surface area contributed by atoms with Crippen molar-refractivity contribution in [3.63, 3.8) is 0 Å². The Balaban J connectivity index is 2.17. The molecule has 1 aromatic rings. The molecule has 2 rings (SSSR count). The van der Waals surface area contributed by atoms with E-state index < -0.39 is 17.6 Å². The first kappa shape index (κ1) is 12.4. The quantitative estimate of drug-likeness (QED) is 0.810. The van der Waals surface area contributed by atoms with Crippen LogP contribution < -0.4 is 5.32 Å². The Morgan fingerprint density at radius 1 is 1.24 bits per heavy atom. The molecule has 0 unspecified atom stereocenters. The molecule has 1 saturated heterocycles. The molecular formula is C12H13F4N. The average Bonchev–Trinajstić information content (AvgIpc) is 2.16. The van der Waals surface area contributed by atoms with Gasteiger partial charge in [0.25, 0.3) is 0 Å². The summed E-state index contributed by atoms with van der Waals surface area (Å²) in [5, 5.41) is 3.04. The topological polar surface area (TPSA) is 12.0 Å². The van der Waals surface area contributed by atoms with E-state index in [-0.39, 0.29) is 12.0 Å². The highest BCUT2D eigenvalue weighted by Gasteiger charge is 2.34. The normalized spacial score (nSPS) is 16.9. The van der Waals surface area contributed by atoms with E-state index in [1.54, 1.807) is 0 Å². The Labute approximate surface area is 96.8 Å². The molecule has 0 atom stereocenters. The summed E-state index contributed by atoms with van der Waals surface area (Å²) in [4.78, 5) is 0. The minimum absolute atomic E-state index is 0.147. The van der Waals surface area contributed by atoms with E-state index in [0.717, 1.165) is 31.3 Å². The lowest BCUT2D eigenvalue weighted by Crippen LogP contribution is -2.42. The van der Waals surface area contributed by atoms with Crippen LogP contribution in [0, 0.1) is 11.7 Å². The molecule has 17 heavy (non-hydrogen) atoms. The highest BCUT2D eigenvalue weighted by Crippen LogP contribution is 2.34. The number of alkyl halides is 3. The fourth-order valence-electron chi connectivity index (χ4n) is 1.98. The van der Waals surface area contributed by atoms with Gasteiger partial charge < -0.3 is 5.32 Å². The SMILES string of the molecule is Fc1cccc(C(F)(F)F)c1CCC1CNC1. The molecule has 0 amide bonds. The average molecular weight is 247 g/mol. The van der Waals surface area contributed by atoms with Gasteiger partial charge in [0.2, 0.25) is 0 Å². The number of rotatable bonds is 3. The molecule has 0 radical (unpaired) electrons. The lowest BCUT2D eigenvalue weighted by molar-refractivity contribution is -0.138. The third-order valence-electron chi connectivity index (χ3n) is 3.09. The molecule has 0 spiro atoms. The first-order chi connectivity index (χ1) is 7.98. The van der Waals surface area contributed by atoms with Gasteiger partial charge in [0.15, 0.2) is 0 Å². The molecule has 1 aromatic carbocycles. The van der Waals surface area contributed by atoms with E-state index in [0.29, 0.717) is 12.3 Å². The van der Waals surface area contributed by atoms with E-state index in [1.807, 2.05) is 0 Å². The summed E-state index contributed by atoms with van der Waals surface area (Å²) < 4.78 is 51.4. The number of hydrogen-bond donors (Lipinski definition) is 1. The van der Waals surface area contributed by atoms with Crippen LogP contribution in [0.3, 0.4) is 0 Å². The minimum atomic E-state index is -4.48. The lowest BCUT2D eigenvalue weighted by atomic mass is 9.92. The highest BCUT2D eigenvalue weighted by atomic mass is 19.4. The highest BCUT2D eigenvalue weighted by molar-refractivity contribution is 5.31. The molecule has 94 valence electrons. The van der Waals surface area contributed by atoms with E-state index in [2.05, 4.69) is 5.32 Å². The molecule has 0 saturated carbocycles. The maximum Gasteiger partial charge on any atom is 0.416 e. The Morgan fingerprint density at radius 3 is 2.47 bits per heavy atom. The van der Waals surface area contributed by atoms with Gasteiger partial charge in [-0.1, -0.05) is 6.07 Å². The van der Waals surface area contributed by atoms with Gasteiger partial charge >= 0.3 is 6.18 Å². The minimum Gasteiger partial charge on any atom is -0.316 e. The Morgan fingerprint density at radius 2 is 1.94 bits per heavy atom. The van der Waals surface area contributed by atoms with E-state index in [9.17, 15) is 17.6 Å². The second kappa shape index (κ2) is 4.64. The summed E-state index contributed by atoms with van der Waals surface area (Å²) >= 11 is 0. The standard InChI is InChI=1S/C12H13F4N/c13-11-3-1-2-10(12(14,15)16)9(11)5-4-8-6-17-7-8/h1-3,8,17H,4-7H2. The van der Waals surface area contributed by atoms with Crippen molar-refractivity contribution in [2.24, 2.45) is 5.92 Å². The first-order valence-corrected chi connectivity index (χ1v) is 5.54. The van der Waals surface area contributed by atoms with E-state index in [4.69, 9.17) is 0 Å². The predicted octanol–water partition coefficient (Wildman–Crippen LogP) is 3.00. The number of nitrogens with one attached hydrogen (secondary N) is 1. The van der Waals surface area contributed by atoms with Crippen molar-refractivity contribution >= 4 is 0 Å². The van der Waals surface area contributed by atoms with Gasteiger partial charge in [-0.2, -0.15) is 13.2 Å². The number of benzene rings is 1. The van der Waals surface area contributed by atoms with Crippen LogP contribution in [0.15, 0.2) is 18.2 Å². The maximum absolute atomic E-state index is 13.4. The van der Waals surface area contributed by atoms with Crippen molar-refractivity contribution in [1.82, 2.24) is 5.32 Å². The summed E-state index contributed by atoms with van der Waals surface area (Å²) in [6.45, 7) is 1.63. The largest absolute Gasteiger partial charge is 0.416 e. The van der Waals surface area contributed by atoms with Gasteiger partial charge in [0.1, 0.15) is 5.82 Å². The molecule has 0 aliphatic carbocycles.